The Bertz CT molecular complexity index is 1190. The highest BCUT2D eigenvalue weighted by molar-refractivity contribution is 6.30. The first-order valence-corrected chi connectivity index (χ1v) is 9.22. The minimum atomic E-state index is -0.402. The maximum atomic E-state index is 12.8. The van der Waals surface area contributed by atoms with Gasteiger partial charge in [-0.3, -0.25) is 20.3 Å². The summed E-state index contributed by atoms with van der Waals surface area (Å²) >= 11 is 5.93. The van der Waals surface area contributed by atoms with Crippen molar-refractivity contribution in [2.75, 3.05) is 19.5 Å². The van der Waals surface area contributed by atoms with Crippen molar-refractivity contribution < 1.29 is 14.3 Å². The molecular formula is C20H17ClN6O3. The van der Waals surface area contributed by atoms with Gasteiger partial charge in [-0.2, -0.15) is 10.1 Å². The minimum absolute atomic E-state index is 0.121. The summed E-state index contributed by atoms with van der Waals surface area (Å²) in [7, 11) is 3.12. The number of amides is 1. The zero-order chi connectivity index (χ0) is 21.1. The lowest BCUT2D eigenvalue weighted by atomic mass is 10.1. The lowest BCUT2D eigenvalue weighted by molar-refractivity contribution is 0.102. The summed E-state index contributed by atoms with van der Waals surface area (Å²) in [6.45, 7) is 0. The largest absolute Gasteiger partial charge is 0.497 e. The number of aromatic amines is 2. The molecule has 0 atom stereocenters. The van der Waals surface area contributed by atoms with E-state index < -0.39 is 5.91 Å². The number of ether oxygens (including phenoxy) is 2. The molecule has 0 aliphatic heterocycles. The molecule has 0 saturated carbocycles. The van der Waals surface area contributed by atoms with E-state index in [0.717, 1.165) is 5.56 Å². The molecule has 1 amide bonds. The van der Waals surface area contributed by atoms with Crippen molar-refractivity contribution in [3.05, 3.63) is 59.2 Å². The van der Waals surface area contributed by atoms with Crippen LogP contribution in [0.1, 0.15) is 10.4 Å². The monoisotopic (exact) mass is 424 g/mol. The minimum Gasteiger partial charge on any atom is -0.497 e. The molecule has 0 fully saturated rings. The van der Waals surface area contributed by atoms with Gasteiger partial charge in [-0.25, -0.2) is 0 Å². The molecule has 0 spiro atoms. The number of aromatic nitrogens is 5. The second-order valence-corrected chi connectivity index (χ2v) is 6.63. The Labute approximate surface area is 176 Å². The van der Waals surface area contributed by atoms with Crippen molar-refractivity contribution in [2.24, 2.45) is 0 Å². The number of hydrogen-bond acceptors (Lipinski definition) is 6. The first-order valence-electron chi connectivity index (χ1n) is 8.84. The van der Waals surface area contributed by atoms with Crippen molar-refractivity contribution in [3.63, 3.8) is 0 Å². The smallest absolute Gasteiger partial charge is 0.261 e. The normalized spacial score (nSPS) is 10.6. The number of benzene rings is 2. The lowest BCUT2D eigenvalue weighted by Gasteiger charge is -2.07. The van der Waals surface area contributed by atoms with Crippen LogP contribution in [0, 0.1) is 0 Å². The molecule has 152 valence electrons. The van der Waals surface area contributed by atoms with Gasteiger partial charge in [-0.15, -0.1) is 5.10 Å². The molecule has 0 radical (unpaired) electrons. The molecule has 0 unspecified atom stereocenters. The molecule has 0 saturated heterocycles. The van der Waals surface area contributed by atoms with Crippen LogP contribution in [0.15, 0.2) is 48.7 Å². The number of hydrogen-bond donors (Lipinski definition) is 3. The van der Waals surface area contributed by atoms with E-state index in [0.29, 0.717) is 39.2 Å². The fourth-order valence-electron chi connectivity index (χ4n) is 2.90. The molecule has 4 aromatic rings. The third-order valence-electron chi connectivity index (χ3n) is 4.39. The van der Waals surface area contributed by atoms with Crippen LogP contribution in [-0.2, 0) is 0 Å². The average Bonchev–Trinajstić information content (AvgIpc) is 3.43. The van der Waals surface area contributed by atoms with E-state index in [1.165, 1.54) is 6.20 Å². The second-order valence-electron chi connectivity index (χ2n) is 6.19. The van der Waals surface area contributed by atoms with Crippen LogP contribution < -0.4 is 14.8 Å². The van der Waals surface area contributed by atoms with E-state index in [-0.39, 0.29) is 5.95 Å². The molecule has 30 heavy (non-hydrogen) atoms. The fraction of sp³-hybridized carbons (Fsp3) is 0.100. The number of H-pyrrole nitrogens is 2. The third kappa shape index (κ3) is 3.83. The zero-order valence-corrected chi connectivity index (χ0v) is 16.8. The number of anilines is 1. The number of methoxy groups -OCH3 is 2. The van der Waals surface area contributed by atoms with Gasteiger partial charge in [0.05, 0.1) is 37.2 Å². The second kappa shape index (κ2) is 8.26. The van der Waals surface area contributed by atoms with Gasteiger partial charge >= 0.3 is 0 Å². The summed E-state index contributed by atoms with van der Waals surface area (Å²) < 4.78 is 10.6. The molecule has 2 aromatic carbocycles. The summed E-state index contributed by atoms with van der Waals surface area (Å²) in [5.41, 5.74) is 2.37. The van der Waals surface area contributed by atoms with Gasteiger partial charge in [-0.05, 0) is 24.3 Å². The van der Waals surface area contributed by atoms with Gasteiger partial charge in [0.25, 0.3) is 5.91 Å². The van der Waals surface area contributed by atoms with Crippen LogP contribution in [0.3, 0.4) is 0 Å². The van der Waals surface area contributed by atoms with Crippen molar-refractivity contribution >= 4 is 23.5 Å². The molecule has 9 nitrogen and oxygen atoms in total. The summed E-state index contributed by atoms with van der Waals surface area (Å²) in [4.78, 5) is 17.1. The number of halogens is 1. The first-order chi connectivity index (χ1) is 14.6. The lowest BCUT2D eigenvalue weighted by Crippen LogP contribution is -2.13. The summed E-state index contributed by atoms with van der Waals surface area (Å²) in [5.74, 6) is 1.37. The molecule has 0 aliphatic carbocycles. The number of carbonyl (C=O) groups excluding carboxylic acids is 1. The van der Waals surface area contributed by atoms with Crippen LogP contribution in [0.25, 0.3) is 22.6 Å². The maximum Gasteiger partial charge on any atom is 0.261 e. The Morgan fingerprint density at radius 2 is 1.87 bits per heavy atom. The Kier molecular flexibility index (Phi) is 5.36. The average molecular weight is 425 g/mol. The molecule has 10 heteroatoms. The van der Waals surface area contributed by atoms with E-state index in [4.69, 9.17) is 21.1 Å². The van der Waals surface area contributed by atoms with E-state index >= 15 is 0 Å². The van der Waals surface area contributed by atoms with Gasteiger partial charge in [0.2, 0.25) is 5.95 Å². The third-order valence-corrected chi connectivity index (χ3v) is 4.64. The van der Waals surface area contributed by atoms with E-state index in [1.807, 2.05) is 0 Å². The van der Waals surface area contributed by atoms with Gasteiger partial charge in [0.15, 0.2) is 5.82 Å². The number of nitrogens with one attached hydrogen (secondary N) is 3. The number of nitrogens with zero attached hydrogens (tertiary/aromatic N) is 3. The van der Waals surface area contributed by atoms with Crippen molar-refractivity contribution in [1.29, 1.82) is 0 Å². The van der Waals surface area contributed by atoms with Gasteiger partial charge in [0, 0.05) is 16.7 Å². The van der Waals surface area contributed by atoms with E-state index in [1.54, 1.807) is 56.7 Å². The van der Waals surface area contributed by atoms with Crippen LogP contribution in [-0.4, -0.2) is 45.5 Å². The van der Waals surface area contributed by atoms with Gasteiger partial charge < -0.3 is 9.47 Å². The highest BCUT2D eigenvalue weighted by Crippen LogP contribution is 2.31. The summed E-state index contributed by atoms with van der Waals surface area (Å²) in [6.07, 6.45) is 1.44. The highest BCUT2D eigenvalue weighted by atomic mass is 35.5. The topological polar surface area (TPSA) is 118 Å². The molecule has 2 aromatic heterocycles. The van der Waals surface area contributed by atoms with Gasteiger partial charge in [-0.1, -0.05) is 23.7 Å². The summed E-state index contributed by atoms with van der Waals surface area (Å²) in [6, 6.07) is 12.4. The van der Waals surface area contributed by atoms with Crippen LogP contribution in [0.5, 0.6) is 11.5 Å². The van der Waals surface area contributed by atoms with Crippen LogP contribution in [0.4, 0.5) is 5.95 Å². The Hall–Kier alpha value is -3.85. The molecule has 0 aliphatic rings. The van der Waals surface area contributed by atoms with E-state index in [2.05, 4.69) is 30.7 Å². The standard InChI is InChI=1S/C20H17ClN6O3/c1-29-13-7-8-14(16(9-13)30-2)18-23-20(27-26-18)24-19(28)15-10-22-25-17(15)11-3-5-12(21)6-4-11/h3-10H,1-2H3,(H,22,25)(H2,23,24,26,27,28). The Morgan fingerprint density at radius 1 is 1.07 bits per heavy atom. The molecular weight excluding hydrogens is 408 g/mol. The van der Waals surface area contributed by atoms with Crippen molar-refractivity contribution in [3.8, 4) is 34.1 Å². The van der Waals surface area contributed by atoms with Crippen molar-refractivity contribution in [1.82, 2.24) is 25.4 Å². The predicted molar refractivity (Wildman–Crippen MR) is 112 cm³/mol. The Morgan fingerprint density at radius 3 is 2.60 bits per heavy atom. The number of carbonyl (C=O) groups is 1. The van der Waals surface area contributed by atoms with Gasteiger partial charge in [0.1, 0.15) is 11.5 Å². The Balaban J connectivity index is 1.56. The molecule has 3 N–H and O–H groups in total. The fourth-order valence-corrected chi connectivity index (χ4v) is 3.02. The quantitative estimate of drug-likeness (QED) is 0.433. The van der Waals surface area contributed by atoms with Crippen LogP contribution in [0.2, 0.25) is 5.02 Å². The maximum absolute atomic E-state index is 12.8. The first kappa shape index (κ1) is 19.5. The number of rotatable bonds is 6. The van der Waals surface area contributed by atoms with Crippen LogP contribution >= 0.6 is 11.6 Å². The molecule has 0 bridgehead atoms. The highest BCUT2D eigenvalue weighted by Gasteiger charge is 2.18. The van der Waals surface area contributed by atoms with Crippen molar-refractivity contribution in [2.45, 2.75) is 0 Å². The predicted octanol–water partition coefficient (Wildman–Crippen LogP) is 3.78. The zero-order valence-electron chi connectivity index (χ0n) is 16.1. The SMILES string of the molecule is COc1ccc(-c2nc(NC(=O)c3cn[nH]c3-c3ccc(Cl)cc3)n[nH]2)c(OC)c1. The molecule has 2 heterocycles. The molecule has 4 rings (SSSR count). The van der Waals surface area contributed by atoms with E-state index in [9.17, 15) is 4.79 Å². The summed E-state index contributed by atoms with van der Waals surface area (Å²) in [5, 5.41) is 17.0.